The van der Waals surface area contributed by atoms with Crippen molar-refractivity contribution in [1.29, 1.82) is 0 Å². The fraction of sp³-hybridized carbons (Fsp3) is 0.611. The first kappa shape index (κ1) is 17.8. The SMILES string of the molecule is CCCCNC(N)=NCc1ccc(CN2CCC(O)CC2)cc1. The minimum Gasteiger partial charge on any atom is -0.393 e. The average Bonchev–Trinajstić information content (AvgIpc) is 2.57. The molecule has 23 heavy (non-hydrogen) atoms. The van der Waals surface area contributed by atoms with E-state index in [1.54, 1.807) is 0 Å². The molecule has 0 atom stereocenters. The van der Waals surface area contributed by atoms with Gasteiger partial charge in [-0.05, 0) is 30.4 Å². The maximum absolute atomic E-state index is 9.55. The third-order valence-corrected chi connectivity index (χ3v) is 4.25. The Hall–Kier alpha value is -1.59. The molecular formula is C18H30N4O. The third kappa shape index (κ3) is 6.59. The van der Waals surface area contributed by atoms with Gasteiger partial charge in [0.15, 0.2) is 5.96 Å². The van der Waals surface area contributed by atoms with Crippen LogP contribution >= 0.6 is 0 Å². The molecule has 0 saturated carbocycles. The van der Waals surface area contributed by atoms with Gasteiger partial charge in [0, 0.05) is 26.2 Å². The van der Waals surface area contributed by atoms with Crippen LogP contribution in [0.15, 0.2) is 29.3 Å². The van der Waals surface area contributed by atoms with Crippen LogP contribution in [0.25, 0.3) is 0 Å². The summed E-state index contributed by atoms with van der Waals surface area (Å²) in [6.07, 6.45) is 3.92. The molecule has 4 N–H and O–H groups in total. The number of hydrogen-bond acceptors (Lipinski definition) is 3. The second kappa shape index (κ2) is 9.53. The maximum Gasteiger partial charge on any atom is 0.188 e. The highest BCUT2D eigenvalue weighted by molar-refractivity contribution is 5.77. The number of nitrogens with zero attached hydrogens (tertiary/aromatic N) is 2. The molecule has 0 spiro atoms. The number of nitrogens with one attached hydrogen (secondary N) is 1. The monoisotopic (exact) mass is 318 g/mol. The molecule has 5 nitrogen and oxygen atoms in total. The van der Waals surface area contributed by atoms with Crippen molar-refractivity contribution in [3.05, 3.63) is 35.4 Å². The van der Waals surface area contributed by atoms with E-state index in [1.807, 2.05) is 0 Å². The highest BCUT2D eigenvalue weighted by atomic mass is 16.3. The van der Waals surface area contributed by atoms with Gasteiger partial charge in [0.05, 0.1) is 12.6 Å². The Balaban J connectivity index is 1.76. The Morgan fingerprint density at radius 3 is 2.57 bits per heavy atom. The molecule has 1 aromatic carbocycles. The quantitative estimate of drug-likeness (QED) is 0.407. The lowest BCUT2D eigenvalue weighted by atomic mass is 10.1. The standard InChI is InChI=1S/C18H30N4O/c1-2-3-10-20-18(19)21-13-15-4-6-16(7-5-15)14-22-11-8-17(23)9-12-22/h4-7,17,23H,2-3,8-14H2,1H3,(H3,19,20,21). The molecule has 1 aliphatic rings. The van der Waals surface area contributed by atoms with Gasteiger partial charge >= 0.3 is 0 Å². The Kier molecular flexibility index (Phi) is 7.36. The highest BCUT2D eigenvalue weighted by Gasteiger charge is 2.16. The van der Waals surface area contributed by atoms with E-state index in [-0.39, 0.29) is 6.10 Å². The topological polar surface area (TPSA) is 73.9 Å². The van der Waals surface area contributed by atoms with Crippen molar-refractivity contribution >= 4 is 5.96 Å². The number of aliphatic hydroxyl groups is 1. The third-order valence-electron chi connectivity index (χ3n) is 4.25. The predicted molar refractivity (Wildman–Crippen MR) is 95.2 cm³/mol. The fourth-order valence-electron chi connectivity index (χ4n) is 2.71. The van der Waals surface area contributed by atoms with Crippen LogP contribution in [-0.2, 0) is 13.1 Å². The first-order valence-corrected chi connectivity index (χ1v) is 8.69. The van der Waals surface area contributed by atoms with Gasteiger partial charge in [0.25, 0.3) is 0 Å². The Labute approximate surface area is 139 Å². The number of rotatable bonds is 7. The van der Waals surface area contributed by atoms with Crippen LogP contribution in [0.2, 0.25) is 0 Å². The first-order chi connectivity index (χ1) is 11.2. The lowest BCUT2D eigenvalue weighted by molar-refractivity contribution is 0.0792. The van der Waals surface area contributed by atoms with Gasteiger partial charge in [-0.1, -0.05) is 37.6 Å². The largest absolute Gasteiger partial charge is 0.393 e. The summed E-state index contributed by atoms with van der Waals surface area (Å²) in [5.41, 5.74) is 8.32. The predicted octanol–water partition coefficient (Wildman–Crippen LogP) is 1.85. The summed E-state index contributed by atoms with van der Waals surface area (Å²) in [7, 11) is 0. The molecule has 0 amide bonds. The number of guanidine groups is 1. The molecule has 0 unspecified atom stereocenters. The molecule has 0 radical (unpaired) electrons. The maximum atomic E-state index is 9.55. The molecule has 1 aliphatic heterocycles. The fourth-order valence-corrected chi connectivity index (χ4v) is 2.71. The summed E-state index contributed by atoms with van der Waals surface area (Å²) >= 11 is 0. The lowest BCUT2D eigenvalue weighted by Gasteiger charge is -2.29. The summed E-state index contributed by atoms with van der Waals surface area (Å²) in [6, 6.07) is 8.57. The van der Waals surface area contributed by atoms with Gasteiger partial charge in [-0.15, -0.1) is 0 Å². The van der Waals surface area contributed by atoms with Crippen molar-refractivity contribution in [2.45, 2.75) is 51.8 Å². The smallest absolute Gasteiger partial charge is 0.188 e. The van der Waals surface area contributed by atoms with Gasteiger partial charge in [0.2, 0.25) is 0 Å². The molecule has 1 aromatic rings. The van der Waals surface area contributed by atoms with Crippen LogP contribution in [0.3, 0.4) is 0 Å². The molecule has 1 fully saturated rings. The minimum atomic E-state index is -0.108. The van der Waals surface area contributed by atoms with Crippen molar-refractivity contribution in [3.8, 4) is 0 Å². The molecule has 0 aliphatic carbocycles. The molecule has 5 heteroatoms. The molecule has 0 bridgehead atoms. The van der Waals surface area contributed by atoms with E-state index in [4.69, 9.17) is 5.73 Å². The lowest BCUT2D eigenvalue weighted by Crippen LogP contribution is -2.35. The summed E-state index contributed by atoms with van der Waals surface area (Å²) in [5, 5.41) is 12.7. The highest BCUT2D eigenvalue weighted by Crippen LogP contribution is 2.14. The number of nitrogens with two attached hydrogens (primary N) is 1. The van der Waals surface area contributed by atoms with Crippen LogP contribution in [-0.4, -0.2) is 41.7 Å². The normalized spacial score (nSPS) is 17.4. The average molecular weight is 318 g/mol. The van der Waals surface area contributed by atoms with Gasteiger partial charge in [-0.2, -0.15) is 0 Å². The van der Waals surface area contributed by atoms with Crippen LogP contribution in [0.5, 0.6) is 0 Å². The zero-order chi connectivity index (χ0) is 16.5. The second-order valence-corrected chi connectivity index (χ2v) is 6.31. The second-order valence-electron chi connectivity index (χ2n) is 6.31. The van der Waals surface area contributed by atoms with E-state index in [1.165, 1.54) is 11.1 Å². The number of hydrogen-bond donors (Lipinski definition) is 3. The van der Waals surface area contributed by atoms with Crippen molar-refractivity contribution < 1.29 is 5.11 Å². The number of unbranched alkanes of at least 4 members (excludes halogenated alkanes) is 1. The number of benzene rings is 1. The zero-order valence-corrected chi connectivity index (χ0v) is 14.2. The molecule has 1 heterocycles. The number of likely N-dealkylation sites (tertiary alicyclic amines) is 1. The van der Waals surface area contributed by atoms with Crippen molar-refractivity contribution in [1.82, 2.24) is 10.2 Å². The summed E-state index contributed by atoms with van der Waals surface area (Å²) in [6.45, 7) is 6.57. The van der Waals surface area contributed by atoms with E-state index < -0.39 is 0 Å². The number of aliphatic imine (C=N–C) groups is 1. The van der Waals surface area contributed by atoms with Crippen molar-refractivity contribution in [2.24, 2.45) is 10.7 Å². The summed E-state index contributed by atoms with van der Waals surface area (Å²) in [5.74, 6) is 0.523. The van der Waals surface area contributed by atoms with Crippen LogP contribution in [0.4, 0.5) is 0 Å². The summed E-state index contributed by atoms with van der Waals surface area (Å²) in [4.78, 5) is 6.76. The van der Waals surface area contributed by atoms with Crippen LogP contribution < -0.4 is 11.1 Å². The first-order valence-electron chi connectivity index (χ1n) is 8.69. The Bertz CT molecular complexity index is 478. The summed E-state index contributed by atoms with van der Waals surface area (Å²) < 4.78 is 0. The van der Waals surface area contributed by atoms with Crippen molar-refractivity contribution in [3.63, 3.8) is 0 Å². The molecule has 128 valence electrons. The van der Waals surface area contributed by atoms with E-state index in [2.05, 4.69) is 46.4 Å². The molecule has 0 aromatic heterocycles. The zero-order valence-electron chi connectivity index (χ0n) is 14.2. The molecule has 1 saturated heterocycles. The van der Waals surface area contributed by atoms with Gasteiger partial charge in [-0.25, -0.2) is 4.99 Å². The van der Waals surface area contributed by atoms with Gasteiger partial charge < -0.3 is 16.2 Å². The van der Waals surface area contributed by atoms with E-state index >= 15 is 0 Å². The van der Waals surface area contributed by atoms with Gasteiger partial charge in [0.1, 0.15) is 0 Å². The van der Waals surface area contributed by atoms with E-state index in [0.29, 0.717) is 12.5 Å². The molecular weight excluding hydrogens is 288 g/mol. The number of piperidine rings is 1. The van der Waals surface area contributed by atoms with Crippen LogP contribution in [0, 0.1) is 0 Å². The van der Waals surface area contributed by atoms with Gasteiger partial charge in [-0.3, -0.25) is 4.90 Å². The Morgan fingerprint density at radius 1 is 1.26 bits per heavy atom. The van der Waals surface area contributed by atoms with Crippen molar-refractivity contribution in [2.75, 3.05) is 19.6 Å². The van der Waals surface area contributed by atoms with E-state index in [0.717, 1.165) is 51.9 Å². The minimum absolute atomic E-state index is 0.108. The Morgan fingerprint density at radius 2 is 1.91 bits per heavy atom. The van der Waals surface area contributed by atoms with E-state index in [9.17, 15) is 5.11 Å². The number of aliphatic hydroxyl groups excluding tert-OH is 1. The van der Waals surface area contributed by atoms with Crippen LogP contribution in [0.1, 0.15) is 43.7 Å². The molecule has 2 rings (SSSR count).